The first-order valence-corrected chi connectivity index (χ1v) is 14.1. The summed E-state index contributed by atoms with van der Waals surface area (Å²) in [6.45, 7) is 8.79. The highest BCUT2D eigenvalue weighted by Gasteiger charge is 2.76. The summed E-state index contributed by atoms with van der Waals surface area (Å²) in [6.07, 6.45) is 4.52. The van der Waals surface area contributed by atoms with Crippen molar-refractivity contribution in [1.29, 1.82) is 0 Å². The predicted molar refractivity (Wildman–Crippen MR) is 143 cm³/mol. The van der Waals surface area contributed by atoms with E-state index in [0.29, 0.717) is 37.4 Å². The van der Waals surface area contributed by atoms with Gasteiger partial charge in [0, 0.05) is 30.6 Å². The maximum Gasteiger partial charge on any atom is 0.310 e. The number of esters is 1. The molecule has 6 atom stereocenters. The van der Waals surface area contributed by atoms with Crippen molar-refractivity contribution in [2.75, 3.05) is 38.3 Å². The highest BCUT2D eigenvalue weighted by Crippen LogP contribution is 2.68. The van der Waals surface area contributed by atoms with Gasteiger partial charge < -0.3 is 24.4 Å². The van der Waals surface area contributed by atoms with Crippen LogP contribution in [-0.2, 0) is 19.1 Å². The minimum absolute atomic E-state index is 0.0383. The van der Waals surface area contributed by atoms with Crippen molar-refractivity contribution < 1.29 is 29.0 Å². The Morgan fingerprint density at radius 2 is 2.00 bits per heavy atom. The number of hydrogen-bond acceptors (Lipinski definition) is 7. The summed E-state index contributed by atoms with van der Waals surface area (Å²) < 4.78 is 10.0. The van der Waals surface area contributed by atoms with E-state index in [1.54, 1.807) is 41.7 Å². The van der Waals surface area contributed by atoms with Crippen LogP contribution in [0.4, 0.5) is 5.69 Å². The Labute approximate surface area is 223 Å². The van der Waals surface area contributed by atoms with Gasteiger partial charge in [0.05, 0.1) is 30.3 Å². The fraction of sp³-hybridized carbons (Fsp3) is 0.607. The van der Waals surface area contributed by atoms with E-state index in [-0.39, 0.29) is 42.2 Å². The van der Waals surface area contributed by atoms with Crippen molar-refractivity contribution >= 4 is 35.2 Å². The van der Waals surface area contributed by atoms with Gasteiger partial charge in [0.15, 0.2) is 0 Å². The first kappa shape index (κ1) is 27.5. The SMILES string of the molecule is C=CCN(C(=O)C1N(CCCCCO)C(=O)[C@@H]2[C@H](C(=O)OCC)[C@@H]3CC(C)C12S3)c1ccc(OC)cc1. The summed E-state index contributed by atoms with van der Waals surface area (Å²) in [5.74, 6) is -0.981. The lowest BCUT2D eigenvalue weighted by Gasteiger charge is -2.40. The second kappa shape index (κ2) is 11.5. The Morgan fingerprint density at radius 1 is 1.27 bits per heavy atom. The molecule has 3 aliphatic heterocycles. The number of carbonyl (C=O) groups is 3. The molecule has 37 heavy (non-hydrogen) atoms. The van der Waals surface area contributed by atoms with E-state index < -0.39 is 22.6 Å². The molecule has 0 aliphatic carbocycles. The van der Waals surface area contributed by atoms with E-state index in [1.807, 2.05) is 24.3 Å². The van der Waals surface area contributed by atoms with Gasteiger partial charge in [0.25, 0.3) is 5.91 Å². The van der Waals surface area contributed by atoms with Crippen LogP contribution in [0, 0.1) is 17.8 Å². The van der Waals surface area contributed by atoms with Crippen LogP contribution in [0.5, 0.6) is 5.75 Å². The van der Waals surface area contributed by atoms with E-state index in [9.17, 15) is 19.5 Å². The average Bonchev–Trinajstić information content (AvgIpc) is 3.49. The monoisotopic (exact) mass is 530 g/mol. The van der Waals surface area contributed by atoms with Gasteiger partial charge in [-0.05, 0) is 62.8 Å². The number of fused-ring (bicyclic) bond motifs is 1. The molecule has 0 saturated carbocycles. The number of unbranched alkanes of at least 4 members (excludes halogenated alkanes) is 2. The van der Waals surface area contributed by atoms with Gasteiger partial charge in [-0.2, -0.15) is 0 Å². The Bertz CT molecular complexity index is 1020. The van der Waals surface area contributed by atoms with Crippen molar-refractivity contribution in [2.45, 2.75) is 55.6 Å². The highest BCUT2D eigenvalue weighted by atomic mass is 32.2. The number of methoxy groups -OCH3 is 1. The second-order valence-corrected chi connectivity index (χ2v) is 11.6. The van der Waals surface area contributed by atoms with E-state index >= 15 is 0 Å². The van der Waals surface area contributed by atoms with Gasteiger partial charge >= 0.3 is 5.97 Å². The minimum Gasteiger partial charge on any atom is -0.497 e. The molecule has 2 amide bonds. The molecule has 0 radical (unpaired) electrons. The lowest BCUT2D eigenvalue weighted by Crippen LogP contribution is -2.57. The van der Waals surface area contributed by atoms with E-state index in [0.717, 1.165) is 12.8 Å². The van der Waals surface area contributed by atoms with Gasteiger partial charge in [-0.3, -0.25) is 14.4 Å². The third kappa shape index (κ3) is 4.65. The molecule has 3 heterocycles. The van der Waals surface area contributed by atoms with Crippen LogP contribution in [0.25, 0.3) is 0 Å². The number of rotatable bonds is 12. The quantitative estimate of drug-likeness (QED) is 0.252. The number of aliphatic hydroxyl groups is 1. The number of aliphatic hydroxyl groups excluding tert-OH is 1. The van der Waals surface area contributed by atoms with Gasteiger partial charge in [0.1, 0.15) is 11.8 Å². The van der Waals surface area contributed by atoms with Gasteiger partial charge in [-0.15, -0.1) is 18.3 Å². The summed E-state index contributed by atoms with van der Waals surface area (Å²) in [5, 5.41) is 9.19. The number of amides is 2. The Morgan fingerprint density at radius 3 is 2.62 bits per heavy atom. The van der Waals surface area contributed by atoms with Gasteiger partial charge in [-0.1, -0.05) is 13.0 Å². The number of hydrogen-bond donors (Lipinski definition) is 1. The molecule has 1 spiro atoms. The number of ether oxygens (including phenoxy) is 2. The van der Waals surface area contributed by atoms with Crippen LogP contribution in [0.15, 0.2) is 36.9 Å². The van der Waals surface area contributed by atoms with E-state index in [4.69, 9.17) is 9.47 Å². The third-order valence-electron chi connectivity index (χ3n) is 8.06. The molecular formula is C28H38N2O6S. The molecule has 8 nitrogen and oxygen atoms in total. The normalized spacial score (nSPS) is 29.8. The third-order valence-corrected chi connectivity index (χ3v) is 10.1. The molecule has 3 unspecified atom stereocenters. The van der Waals surface area contributed by atoms with Crippen molar-refractivity contribution in [3.05, 3.63) is 36.9 Å². The highest BCUT2D eigenvalue weighted by molar-refractivity contribution is 8.02. The molecular weight excluding hydrogens is 492 g/mol. The Hall–Kier alpha value is -2.52. The van der Waals surface area contributed by atoms with E-state index in [1.165, 1.54) is 0 Å². The zero-order valence-corrected chi connectivity index (χ0v) is 22.7. The average molecular weight is 531 g/mol. The van der Waals surface area contributed by atoms with Gasteiger partial charge in [0.2, 0.25) is 5.91 Å². The lowest BCUT2D eigenvalue weighted by molar-refractivity contribution is -0.154. The summed E-state index contributed by atoms with van der Waals surface area (Å²) in [6, 6.07) is 6.58. The molecule has 1 aromatic carbocycles. The zero-order valence-electron chi connectivity index (χ0n) is 21.9. The Kier molecular flexibility index (Phi) is 8.53. The van der Waals surface area contributed by atoms with Crippen molar-refractivity contribution in [3.63, 3.8) is 0 Å². The first-order valence-electron chi connectivity index (χ1n) is 13.2. The fourth-order valence-electron chi connectivity index (χ4n) is 6.48. The van der Waals surface area contributed by atoms with Gasteiger partial charge in [-0.25, -0.2) is 0 Å². The largest absolute Gasteiger partial charge is 0.497 e. The molecule has 1 aromatic rings. The van der Waals surface area contributed by atoms with Crippen molar-refractivity contribution in [3.8, 4) is 5.75 Å². The topological polar surface area (TPSA) is 96.4 Å². The molecule has 2 bridgehead atoms. The van der Waals surface area contributed by atoms with Crippen LogP contribution in [-0.4, -0.2) is 77.2 Å². The smallest absolute Gasteiger partial charge is 0.310 e. The molecule has 3 fully saturated rings. The van der Waals surface area contributed by atoms with Crippen LogP contribution in [0.2, 0.25) is 0 Å². The molecule has 202 valence electrons. The standard InChI is InChI=1S/C28H38N2O6S/c1-5-14-29(19-10-12-20(35-4)13-11-19)26(33)24-28-18(3)17-21(37-28)22(27(34)36-6-2)23(28)25(32)30(24)15-8-7-9-16-31/h5,10-13,18,21-24,31H,1,6-9,14-17H2,2-4H3/t18?,21-,22+,23-,24?,28?/m0/s1. The molecule has 4 rings (SSSR count). The van der Waals surface area contributed by atoms with Crippen LogP contribution in [0.3, 0.4) is 0 Å². The number of likely N-dealkylation sites (tertiary alicyclic amines) is 1. The summed E-state index contributed by atoms with van der Waals surface area (Å²) in [7, 11) is 1.59. The summed E-state index contributed by atoms with van der Waals surface area (Å²) in [5.41, 5.74) is 0.699. The fourth-order valence-corrected chi connectivity index (χ4v) is 8.88. The lowest BCUT2D eigenvalue weighted by atomic mass is 9.66. The van der Waals surface area contributed by atoms with E-state index in [2.05, 4.69) is 13.5 Å². The number of carbonyl (C=O) groups excluding carboxylic acids is 3. The van der Waals surface area contributed by atoms with Crippen molar-refractivity contribution in [1.82, 2.24) is 4.90 Å². The van der Waals surface area contributed by atoms with Crippen LogP contribution in [0.1, 0.15) is 39.5 Å². The zero-order chi connectivity index (χ0) is 26.7. The summed E-state index contributed by atoms with van der Waals surface area (Å²) in [4.78, 5) is 45.0. The Balaban J connectivity index is 1.75. The number of thioether (sulfide) groups is 1. The maximum atomic E-state index is 14.5. The first-order chi connectivity index (χ1) is 17.8. The van der Waals surface area contributed by atoms with Crippen LogP contribution >= 0.6 is 11.8 Å². The minimum atomic E-state index is -0.703. The summed E-state index contributed by atoms with van der Waals surface area (Å²) >= 11 is 1.65. The number of benzene rings is 1. The van der Waals surface area contributed by atoms with Crippen molar-refractivity contribution in [2.24, 2.45) is 17.8 Å². The second-order valence-electron chi connectivity index (χ2n) is 10.1. The molecule has 3 saturated heterocycles. The maximum absolute atomic E-state index is 14.5. The molecule has 0 aromatic heterocycles. The number of anilines is 1. The number of nitrogens with zero attached hydrogens (tertiary/aromatic N) is 2. The molecule has 3 aliphatic rings. The predicted octanol–water partition coefficient (Wildman–Crippen LogP) is 3.28. The molecule has 9 heteroatoms. The molecule has 1 N–H and O–H groups in total. The van der Waals surface area contributed by atoms with Crippen LogP contribution < -0.4 is 9.64 Å².